The third-order valence-electron chi connectivity index (χ3n) is 9.05. The Balaban J connectivity index is 1.14. The maximum atomic E-state index is 13.5. The number of carbonyl (C=O) groups is 1. The molecule has 174 valence electrons. The molecule has 1 atom stereocenters. The number of nitrogens with zero attached hydrogens (tertiary/aromatic N) is 2. The van der Waals surface area contributed by atoms with Crippen LogP contribution < -0.4 is 5.32 Å². The van der Waals surface area contributed by atoms with Gasteiger partial charge in [-0.05, 0) is 74.4 Å². The maximum absolute atomic E-state index is 13.5. The molecule has 4 heteroatoms. The van der Waals surface area contributed by atoms with Gasteiger partial charge in [-0.15, -0.1) is 0 Å². The normalized spacial score (nSPS) is 24.5. The van der Waals surface area contributed by atoms with Crippen LogP contribution in [0.5, 0.6) is 0 Å². The summed E-state index contributed by atoms with van der Waals surface area (Å²) in [6.07, 6.45) is 9.13. The Labute approximate surface area is 198 Å². The average Bonchev–Trinajstić information content (AvgIpc) is 3.53. The number of carbonyl (C=O) groups excluding carboxylic acids is 1. The van der Waals surface area contributed by atoms with Crippen LogP contribution in [0.1, 0.15) is 67.7 Å². The lowest BCUT2D eigenvalue weighted by Gasteiger charge is -2.42. The van der Waals surface area contributed by atoms with Crippen LogP contribution in [-0.2, 0) is 16.6 Å². The van der Waals surface area contributed by atoms with Crippen LogP contribution in [0.25, 0.3) is 0 Å². The summed E-state index contributed by atoms with van der Waals surface area (Å²) in [7, 11) is 0. The van der Waals surface area contributed by atoms with Crippen molar-refractivity contribution in [3.05, 3.63) is 65.2 Å². The first-order chi connectivity index (χ1) is 16.2. The molecule has 1 amide bonds. The minimum Gasteiger partial charge on any atom is -0.384 e. The molecule has 1 aliphatic carbocycles. The van der Waals surface area contributed by atoms with Crippen molar-refractivity contribution in [3.63, 3.8) is 0 Å². The van der Waals surface area contributed by atoms with Crippen molar-refractivity contribution in [3.8, 4) is 0 Å². The molecule has 4 nitrogen and oxygen atoms in total. The first kappa shape index (κ1) is 21.2. The van der Waals surface area contributed by atoms with Crippen LogP contribution in [0.2, 0.25) is 0 Å². The number of nitrogens with one attached hydrogen (secondary N) is 1. The van der Waals surface area contributed by atoms with Gasteiger partial charge in [0.1, 0.15) is 0 Å². The largest absolute Gasteiger partial charge is 0.384 e. The summed E-state index contributed by atoms with van der Waals surface area (Å²) in [5.74, 6) is 0.695. The third kappa shape index (κ3) is 3.86. The van der Waals surface area contributed by atoms with E-state index < -0.39 is 0 Å². The van der Waals surface area contributed by atoms with Gasteiger partial charge < -0.3 is 15.1 Å². The molecule has 2 aromatic rings. The highest BCUT2D eigenvalue weighted by Gasteiger charge is 2.41. The van der Waals surface area contributed by atoms with Crippen LogP contribution in [0.4, 0.5) is 5.69 Å². The molecule has 33 heavy (non-hydrogen) atoms. The molecule has 1 saturated heterocycles. The van der Waals surface area contributed by atoms with E-state index in [0.29, 0.717) is 11.3 Å². The fourth-order valence-electron chi connectivity index (χ4n) is 7.05. The molecular weight excluding hydrogens is 406 g/mol. The monoisotopic (exact) mass is 443 g/mol. The SMILES string of the molecule is O=C(C1CCCC1)N1CCc2ccccc2C1CCN1CCC2(CC1)CNc1ccccc12. The third-order valence-corrected chi connectivity index (χ3v) is 9.05. The van der Waals surface area contributed by atoms with E-state index in [1.807, 2.05) is 0 Å². The molecule has 6 rings (SSSR count). The summed E-state index contributed by atoms with van der Waals surface area (Å²) >= 11 is 0. The predicted octanol–water partition coefficient (Wildman–Crippen LogP) is 5.15. The fourth-order valence-corrected chi connectivity index (χ4v) is 7.05. The zero-order chi connectivity index (χ0) is 22.3. The van der Waals surface area contributed by atoms with E-state index in [0.717, 1.165) is 58.4 Å². The van der Waals surface area contributed by atoms with E-state index in [4.69, 9.17) is 0 Å². The summed E-state index contributed by atoms with van der Waals surface area (Å²) in [6, 6.07) is 18.0. The summed E-state index contributed by atoms with van der Waals surface area (Å²) in [5.41, 5.74) is 6.03. The van der Waals surface area contributed by atoms with E-state index >= 15 is 0 Å². The van der Waals surface area contributed by atoms with Crippen molar-refractivity contribution >= 4 is 11.6 Å². The number of benzene rings is 2. The van der Waals surface area contributed by atoms with Crippen molar-refractivity contribution in [1.29, 1.82) is 0 Å². The Morgan fingerprint density at radius 1 is 0.970 bits per heavy atom. The molecule has 2 fully saturated rings. The number of hydrogen-bond acceptors (Lipinski definition) is 3. The molecule has 1 N–H and O–H groups in total. The number of likely N-dealkylation sites (tertiary alicyclic amines) is 1. The second-order valence-electron chi connectivity index (χ2n) is 10.8. The van der Waals surface area contributed by atoms with Crippen molar-refractivity contribution < 1.29 is 4.79 Å². The van der Waals surface area contributed by atoms with E-state index in [1.165, 1.54) is 48.1 Å². The molecule has 4 aliphatic rings. The van der Waals surface area contributed by atoms with Gasteiger partial charge in [0.05, 0.1) is 6.04 Å². The average molecular weight is 444 g/mol. The molecule has 2 aromatic carbocycles. The lowest BCUT2D eigenvalue weighted by atomic mass is 9.74. The zero-order valence-corrected chi connectivity index (χ0v) is 19.8. The molecular formula is C29H37N3O. The summed E-state index contributed by atoms with van der Waals surface area (Å²) in [6.45, 7) is 5.36. The Morgan fingerprint density at radius 3 is 2.58 bits per heavy atom. The smallest absolute Gasteiger partial charge is 0.226 e. The van der Waals surface area contributed by atoms with E-state index in [-0.39, 0.29) is 12.0 Å². The van der Waals surface area contributed by atoms with Crippen molar-refractivity contribution in [2.75, 3.05) is 38.0 Å². The number of rotatable bonds is 4. The number of anilines is 1. The summed E-state index contributed by atoms with van der Waals surface area (Å²) in [4.78, 5) is 18.4. The van der Waals surface area contributed by atoms with Gasteiger partial charge in [-0.2, -0.15) is 0 Å². The first-order valence-corrected chi connectivity index (χ1v) is 13.2. The van der Waals surface area contributed by atoms with Gasteiger partial charge in [-0.3, -0.25) is 4.79 Å². The molecule has 0 aromatic heterocycles. The van der Waals surface area contributed by atoms with Crippen LogP contribution in [0.3, 0.4) is 0 Å². The van der Waals surface area contributed by atoms with Crippen LogP contribution in [0, 0.1) is 5.92 Å². The molecule has 1 unspecified atom stereocenters. The Morgan fingerprint density at radius 2 is 1.73 bits per heavy atom. The Hall–Kier alpha value is -2.33. The van der Waals surface area contributed by atoms with Crippen LogP contribution >= 0.6 is 0 Å². The quantitative estimate of drug-likeness (QED) is 0.710. The topological polar surface area (TPSA) is 35.6 Å². The van der Waals surface area contributed by atoms with Gasteiger partial charge in [0.2, 0.25) is 5.91 Å². The first-order valence-electron chi connectivity index (χ1n) is 13.2. The van der Waals surface area contributed by atoms with Crippen molar-refractivity contribution in [2.24, 2.45) is 5.92 Å². The molecule has 0 bridgehead atoms. The van der Waals surface area contributed by atoms with E-state index in [9.17, 15) is 4.79 Å². The molecule has 3 aliphatic heterocycles. The van der Waals surface area contributed by atoms with Gasteiger partial charge in [0.25, 0.3) is 0 Å². The standard InChI is InChI=1S/C29H37N3O/c33-28(23-8-1-2-9-23)32-18-13-22-7-3-4-10-24(22)27(32)14-17-31-19-15-29(16-20-31)21-30-26-12-6-5-11-25(26)29/h3-7,10-12,23,27,30H,1-2,8-9,13-21H2. The van der Waals surface area contributed by atoms with Gasteiger partial charge in [-0.25, -0.2) is 0 Å². The molecule has 3 heterocycles. The van der Waals surface area contributed by atoms with Gasteiger partial charge >= 0.3 is 0 Å². The number of piperidine rings is 1. The van der Waals surface area contributed by atoms with E-state index in [1.54, 1.807) is 0 Å². The zero-order valence-electron chi connectivity index (χ0n) is 19.8. The lowest BCUT2D eigenvalue weighted by molar-refractivity contribution is -0.138. The number of amides is 1. The Bertz CT molecular complexity index is 1000. The van der Waals surface area contributed by atoms with Gasteiger partial charge in [0, 0.05) is 36.7 Å². The number of para-hydroxylation sites is 1. The minimum absolute atomic E-state index is 0.243. The summed E-state index contributed by atoms with van der Waals surface area (Å²) in [5, 5.41) is 3.65. The highest BCUT2D eigenvalue weighted by molar-refractivity contribution is 5.80. The van der Waals surface area contributed by atoms with Crippen LogP contribution in [-0.4, -0.2) is 48.4 Å². The lowest BCUT2D eigenvalue weighted by Crippen LogP contribution is -2.46. The number of fused-ring (bicyclic) bond motifs is 3. The molecule has 1 spiro atoms. The van der Waals surface area contributed by atoms with E-state index in [2.05, 4.69) is 63.6 Å². The number of hydrogen-bond donors (Lipinski definition) is 1. The van der Waals surface area contributed by atoms with Crippen LogP contribution in [0.15, 0.2) is 48.5 Å². The van der Waals surface area contributed by atoms with Gasteiger partial charge in [0.15, 0.2) is 0 Å². The van der Waals surface area contributed by atoms with Crippen molar-refractivity contribution in [1.82, 2.24) is 9.80 Å². The second-order valence-corrected chi connectivity index (χ2v) is 10.8. The Kier molecular flexibility index (Phi) is 5.65. The second kappa shape index (κ2) is 8.79. The molecule has 1 saturated carbocycles. The predicted molar refractivity (Wildman–Crippen MR) is 133 cm³/mol. The highest BCUT2D eigenvalue weighted by Crippen LogP contribution is 2.44. The highest BCUT2D eigenvalue weighted by atomic mass is 16.2. The minimum atomic E-state index is 0.243. The summed E-state index contributed by atoms with van der Waals surface area (Å²) < 4.78 is 0. The maximum Gasteiger partial charge on any atom is 0.226 e. The molecule has 0 radical (unpaired) electrons. The van der Waals surface area contributed by atoms with Gasteiger partial charge in [-0.1, -0.05) is 55.3 Å². The van der Waals surface area contributed by atoms with Crippen molar-refractivity contribution in [2.45, 2.75) is 62.8 Å². The fraction of sp³-hybridized carbons (Fsp3) is 0.552.